The lowest BCUT2D eigenvalue weighted by atomic mass is 9.79. The zero-order valence-electron chi connectivity index (χ0n) is 11.5. The summed E-state index contributed by atoms with van der Waals surface area (Å²) in [5.74, 6) is -1.05. The zero-order valence-corrected chi connectivity index (χ0v) is 13.1. The minimum atomic E-state index is -0.799. The van der Waals surface area contributed by atoms with Crippen LogP contribution in [0.4, 0.5) is 5.69 Å². The first kappa shape index (κ1) is 15.3. The number of carbonyl (C=O) groups is 1. The number of anilines is 1. The van der Waals surface area contributed by atoms with E-state index in [2.05, 4.69) is 21.2 Å². The predicted molar refractivity (Wildman–Crippen MR) is 81.9 cm³/mol. The molecule has 110 valence electrons. The van der Waals surface area contributed by atoms with Gasteiger partial charge in [-0.05, 0) is 56.4 Å². The van der Waals surface area contributed by atoms with E-state index < -0.39 is 11.6 Å². The number of benzene rings is 1. The molecule has 0 atom stereocenters. The van der Waals surface area contributed by atoms with Gasteiger partial charge in [-0.1, -0.05) is 15.9 Å². The molecule has 0 unspecified atom stereocenters. The summed E-state index contributed by atoms with van der Waals surface area (Å²) in [6.45, 7) is 2.47. The summed E-state index contributed by atoms with van der Waals surface area (Å²) in [5.41, 5.74) is 1.31. The number of nitrogens with one attached hydrogen (secondary N) is 1. The molecule has 0 radical (unpaired) electrons. The van der Waals surface area contributed by atoms with Crippen LogP contribution in [0.5, 0.6) is 0 Å². The minimum absolute atomic E-state index is 0.301. The van der Waals surface area contributed by atoms with Crippen LogP contribution in [0.2, 0.25) is 0 Å². The van der Waals surface area contributed by atoms with Crippen LogP contribution in [0.15, 0.2) is 22.7 Å². The second-order valence-electron chi connectivity index (χ2n) is 5.65. The average Bonchev–Trinajstić information content (AvgIpc) is 2.41. The highest BCUT2D eigenvalue weighted by Gasteiger charge is 2.35. The van der Waals surface area contributed by atoms with Crippen molar-refractivity contribution in [3.05, 3.63) is 28.2 Å². The molecular formula is C15H20BrNO3. The fourth-order valence-electron chi connectivity index (χ4n) is 2.60. The van der Waals surface area contributed by atoms with Gasteiger partial charge in [0.2, 0.25) is 0 Å². The Balaban J connectivity index is 1.90. The zero-order chi connectivity index (χ0) is 14.8. The quantitative estimate of drug-likeness (QED) is 0.786. The van der Waals surface area contributed by atoms with E-state index in [0.29, 0.717) is 32.2 Å². The number of carboxylic acid groups (broad SMARTS) is 1. The van der Waals surface area contributed by atoms with Crippen molar-refractivity contribution in [3.8, 4) is 0 Å². The number of hydrogen-bond acceptors (Lipinski definition) is 3. The molecule has 0 aliphatic heterocycles. The summed E-state index contributed by atoms with van der Waals surface area (Å²) >= 11 is 3.45. The maximum atomic E-state index is 10.9. The molecule has 0 amide bonds. The number of hydrogen-bond donors (Lipinski definition) is 3. The topological polar surface area (TPSA) is 69.6 Å². The van der Waals surface area contributed by atoms with Gasteiger partial charge in [0.05, 0.1) is 11.5 Å². The molecule has 1 aliphatic rings. The van der Waals surface area contributed by atoms with E-state index >= 15 is 0 Å². The smallest absolute Gasteiger partial charge is 0.306 e. The Morgan fingerprint density at radius 3 is 2.65 bits per heavy atom. The fourth-order valence-corrected chi connectivity index (χ4v) is 2.85. The summed E-state index contributed by atoms with van der Waals surface area (Å²) in [6.07, 6.45) is 2.17. The van der Waals surface area contributed by atoms with Crippen molar-refractivity contribution in [2.75, 3.05) is 11.9 Å². The third kappa shape index (κ3) is 3.73. The molecule has 0 bridgehead atoms. The lowest BCUT2D eigenvalue weighted by Crippen LogP contribution is -2.41. The Kier molecular flexibility index (Phi) is 4.70. The first-order valence-corrected chi connectivity index (χ1v) is 7.64. The Hall–Kier alpha value is -1.07. The first-order valence-electron chi connectivity index (χ1n) is 6.85. The van der Waals surface area contributed by atoms with Gasteiger partial charge in [-0.25, -0.2) is 0 Å². The number of aryl methyl sites for hydroxylation is 1. The van der Waals surface area contributed by atoms with Gasteiger partial charge in [0.1, 0.15) is 0 Å². The largest absolute Gasteiger partial charge is 0.481 e. The van der Waals surface area contributed by atoms with E-state index in [9.17, 15) is 9.90 Å². The van der Waals surface area contributed by atoms with E-state index in [1.807, 2.05) is 25.1 Å². The summed E-state index contributed by atoms with van der Waals surface area (Å²) in [5, 5.41) is 22.7. The second kappa shape index (κ2) is 6.14. The van der Waals surface area contributed by atoms with Crippen molar-refractivity contribution in [1.29, 1.82) is 0 Å². The van der Waals surface area contributed by atoms with Gasteiger partial charge in [-0.2, -0.15) is 0 Å². The van der Waals surface area contributed by atoms with Crippen LogP contribution >= 0.6 is 15.9 Å². The van der Waals surface area contributed by atoms with E-state index in [1.165, 1.54) is 0 Å². The molecule has 0 aromatic heterocycles. The van der Waals surface area contributed by atoms with Crippen molar-refractivity contribution < 1.29 is 15.0 Å². The Labute approximate surface area is 127 Å². The van der Waals surface area contributed by atoms with Gasteiger partial charge in [-0.3, -0.25) is 4.79 Å². The number of carboxylic acids is 1. The van der Waals surface area contributed by atoms with Crippen LogP contribution in [0, 0.1) is 12.8 Å². The van der Waals surface area contributed by atoms with Crippen LogP contribution in [-0.4, -0.2) is 28.3 Å². The molecule has 1 aliphatic carbocycles. The van der Waals surface area contributed by atoms with Crippen molar-refractivity contribution in [3.63, 3.8) is 0 Å². The summed E-state index contributed by atoms with van der Waals surface area (Å²) in [6, 6.07) is 5.96. The van der Waals surface area contributed by atoms with E-state index in [-0.39, 0.29) is 5.92 Å². The number of aliphatic hydroxyl groups is 1. The Morgan fingerprint density at radius 2 is 2.10 bits per heavy atom. The van der Waals surface area contributed by atoms with Crippen molar-refractivity contribution >= 4 is 27.6 Å². The lowest BCUT2D eigenvalue weighted by molar-refractivity contribution is -0.144. The SMILES string of the molecule is Cc1cc(NCC2(O)CCC(C(=O)O)CC2)ccc1Br. The Morgan fingerprint density at radius 1 is 1.45 bits per heavy atom. The molecular weight excluding hydrogens is 322 g/mol. The predicted octanol–water partition coefficient (Wildman–Crippen LogP) is 3.18. The standard InChI is InChI=1S/C15H20BrNO3/c1-10-8-12(2-3-13(10)16)17-9-15(20)6-4-11(5-7-15)14(18)19/h2-3,8,11,17,20H,4-7,9H2,1H3,(H,18,19). The molecule has 20 heavy (non-hydrogen) atoms. The van der Waals surface area contributed by atoms with Gasteiger partial charge in [-0.15, -0.1) is 0 Å². The van der Waals surface area contributed by atoms with Crippen LogP contribution in [0.1, 0.15) is 31.2 Å². The van der Waals surface area contributed by atoms with Crippen molar-refractivity contribution in [2.45, 2.75) is 38.2 Å². The summed E-state index contributed by atoms with van der Waals surface area (Å²) in [4.78, 5) is 10.9. The van der Waals surface area contributed by atoms with Gasteiger partial charge in [0.25, 0.3) is 0 Å². The van der Waals surface area contributed by atoms with Gasteiger partial charge in [0, 0.05) is 16.7 Å². The number of rotatable bonds is 4. The van der Waals surface area contributed by atoms with Crippen molar-refractivity contribution in [2.24, 2.45) is 5.92 Å². The summed E-state index contributed by atoms with van der Waals surface area (Å²) in [7, 11) is 0. The maximum absolute atomic E-state index is 10.9. The number of aliphatic carboxylic acids is 1. The maximum Gasteiger partial charge on any atom is 0.306 e. The lowest BCUT2D eigenvalue weighted by Gasteiger charge is -2.35. The van der Waals surface area contributed by atoms with Crippen LogP contribution in [0.25, 0.3) is 0 Å². The van der Waals surface area contributed by atoms with Crippen molar-refractivity contribution in [1.82, 2.24) is 0 Å². The molecule has 1 fully saturated rings. The molecule has 0 heterocycles. The summed E-state index contributed by atoms with van der Waals surface area (Å²) < 4.78 is 1.06. The average molecular weight is 342 g/mol. The fraction of sp³-hybridized carbons (Fsp3) is 0.533. The highest BCUT2D eigenvalue weighted by Crippen LogP contribution is 2.32. The molecule has 0 spiro atoms. The van der Waals surface area contributed by atoms with Crippen LogP contribution < -0.4 is 5.32 Å². The van der Waals surface area contributed by atoms with Gasteiger partial charge < -0.3 is 15.5 Å². The molecule has 1 aromatic carbocycles. The highest BCUT2D eigenvalue weighted by molar-refractivity contribution is 9.10. The molecule has 1 saturated carbocycles. The molecule has 5 heteroatoms. The minimum Gasteiger partial charge on any atom is -0.481 e. The van der Waals surface area contributed by atoms with E-state index in [4.69, 9.17) is 5.11 Å². The Bertz CT molecular complexity index is 496. The van der Waals surface area contributed by atoms with Gasteiger partial charge in [0.15, 0.2) is 0 Å². The second-order valence-corrected chi connectivity index (χ2v) is 6.51. The van der Waals surface area contributed by atoms with Crippen LogP contribution in [-0.2, 0) is 4.79 Å². The molecule has 1 aromatic rings. The monoisotopic (exact) mass is 341 g/mol. The molecule has 0 saturated heterocycles. The van der Waals surface area contributed by atoms with Crippen LogP contribution in [0.3, 0.4) is 0 Å². The molecule has 3 N–H and O–H groups in total. The highest BCUT2D eigenvalue weighted by atomic mass is 79.9. The number of halogens is 1. The normalized spacial score (nSPS) is 26.2. The molecule has 2 rings (SSSR count). The molecule has 4 nitrogen and oxygen atoms in total. The first-order chi connectivity index (χ1) is 9.39. The third-order valence-electron chi connectivity index (χ3n) is 4.05. The van der Waals surface area contributed by atoms with E-state index in [0.717, 1.165) is 15.7 Å². The third-order valence-corrected chi connectivity index (χ3v) is 4.93. The van der Waals surface area contributed by atoms with Gasteiger partial charge >= 0.3 is 5.97 Å². The van der Waals surface area contributed by atoms with E-state index in [1.54, 1.807) is 0 Å².